The van der Waals surface area contributed by atoms with Gasteiger partial charge in [0.25, 0.3) is 0 Å². The first-order valence-electron chi connectivity index (χ1n) is 6.81. The highest BCUT2D eigenvalue weighted by atomic mass is 32.2. The van der Waals surface area contributed by atoms with Crippen LogP contribution in [0.5, 0.6) is 0 Å². The third kappa shape index (κ3) is 4.19. The van der Waals surface area contributed by atoms with Gasteiger partial charge in [0, 0.05) is 12.1 Å². The van der Waals surface area contributed by atoms with Crippen LogP contribution in [-0.2, 0) is 14.8 Å². The number of aliphatic carboxylic acids is 1. The number of nitrogens with one attached hydrogen (secondary N) is 1. The third-order valence-electron chi connectivity index (χ3n) is 3.17. The molecule has 2 aromatic carbocycles. The molecule has 0 aliphatic rings. The number of carboxylic acid groups (broad SMARTS) is 1. The van der Waals surface area contributed by atoms with Crippen molar-refractivity contribution in [1.29, 1.82) is 0 Å². The molecule has 0 radical (unpaired) electrons. The second-order valence-electron chi connectivity index (χ2n) is 4.76. The van der Waals surface area contributed by atoms with Crippen molar-refractivity contribution in [2.24, 2.45) is 0 Å². The smallest absolute Gasteiger partial charge is 0.304 e. The van der Waals surface area contributed by atoms with Crippen LogP contribution in [0, 0.1) is 12.3 Å². The highest BCUT2D eigenvalue weighted by Gasteiger charge is 2.15. The first-order chi connectivity index (χ1) is 10.9. The molecule has 0 saturated carbocycles. The Balaban J connectivity index is 2.33. The summed E-state index contributed by atoms with van der Waals surface area (Å²) < 4.78 is 26.7. The number of terminal acetylenes is 1. The van der Waals surface area contributed by atoms with Crippen molar-refractivity contribution < 1.29 is 18.3 Å². The van der Waals surface area contributed by atoms with Gasteiger partial charge in [-0.1, -0.05) is 36.3 Å². The van der Waals surface area contributed by atoms with Crippen molar-refractivity contribution in [3.63, 3.8) is 0 Å². The van der Waals surface area contributed by atoms with Crippen molar-refractivity contribution in [3.8, 4) is 23.5 Å². The van der Waals surface area contributed by atoms with Crippen LogP contribution in [0.1, 0.15) is 12.0 Å². The Labute approximate surface area is 135 Å². The summed E-state index contributed by atoms with van der Waals surface area (Å²) in [5.74, 6) is 1.50. The van der Waals surface area contributed by atoms with Gasteiger partial charge < -0.3 is 5.11 Å². The fourth-order valence-corrected chi connectivity index (χ4v) is 3.14. The summed E-state index contributed by atoms with van der Waals surface area (Å²) in [6, 6.07) is 13.6. The van der Waals surface area contributed by atoms with E-state index in [0.29, 0.717) is 11.1 Å². The highest BCUT2D eigenvalue weighted by Crippen LogP contribution is 2.25. The van der Waals surface area contributed by atoms with Gasteiger partial charge in [0.1, 0.15) is 0 Å². The summed E-state index contributed by atoms with van der Waals surface area (Å²) in [6.07, 6.45) is 5.19. The van der Waals surface area contributed by atoms with E-state index in [2.05, 4.69) is 10.6 Å². The van der Waals surface area contributed by atoms with Crippen molar-refractivity contribution in [3.05, 3.63) is 54.1 Å². The molecule has 0 aliphatic carbocycles. The molecular formula is C17H15NO4S. The quantitative estimate of drug-likeness (QED) is 0.795. The minimum absolute atomic E-state index is 0.0622. The number of sulfonamides is 1. The Morgan fingerprint density at radius 3 is 2.61 bits per heavy atom. The van der Waals surface area contributed by atoms with Gasteiger partial charge in [-0.2, -0.15) is 0 Å². The molecule has 0 atom stereocenters. The zero-order chi connectivity index (χ0) is 16.9. The third-order valence-corrected chi connectivity index (χ3v) is 4.63. The summed E-state index contributed by atoms with van der Waals surface area (Å²) in [5, 5.41) is 8.58. The lowest BCUT2D eigenvalue weighted by Gasteiger charge is -2.09. The summed E-state index contributed by atoms with van der Waals surface area (Å²) in [7, 11) is -3.77. The van der Waals surface area contributed by atoms with Crippen LogP contribution < -0.4 is 4.72 Å². The molecule has 0 unspecified atom stereocenters. The van der Waals surface area contributed by atoms with Crippen LogP contribution in [0.4, 0.5) is 0 Å². The summed E-state index contributed by atoms with van der Waals surface area (Å²) in [5.41, 5.74) is 2.11. The van der Waals surface area contributed by atoms with E-state index in [-0.39, 0.29) is 17.9 Å². The lowest BCUT2D eigenvalue weighted by atomic mass is 10.0. The zero-order valence-corrected chi connectivity index (χ0v) is 13.0. The van der Waals surface area contributed by atoms with E-state index in [0.717, 1.165) is 5.56 Å². The molecule has 2 N–H and O–H groups in total. The summed E-state index contributed by atoms with van der Waals surface area (Å²) in [6.45, 7) is -0.164. The first kappa shape index (κ1) is 16.7. The van der Waals surface area contributed by atoms with Crippen molar-refractivity contribution in [2.75, 3.05) is 6.54 Å². The fraction of sp³-hybridized carbons (Fsp3) is 0.118. The first-order valence-corrected chi connectivity index (χ1v) is 8.30. The van der Waals surface area contributed by atoms with Gasteiger partial charge >= 0.3 is 5.97 Å². The Hall–Kier alpha value is -2.62. The standard InChI is InChI=1S/C17H15NO4S/c1-2-13-6-3-4-9-16(13)14-7-5-8-15(12-14)23(21,22)18-11-10-17(19)20/h1,3-9,12,18H,10-11H2,(H,19,20). The Bertz CT molecular complexity index is 866. The Morgan fingerprint density at radius 2 is 1.91 bits per heavy atom. The lowest BCUT2D eigenvalue weighted by Crippen LogP contribution is -2.26. The maximum Gasteiger partial charge on any atom is 0.304 e. The van der Waals surface area contributed by atoms with Crippen LogP contribution in [-0.4, -0.2) is 26.0 Å². The molecule has 0 aromatic heterocycles. The molecule has 6 heteroatoms. The molecule has 0 spiro atoms. The molecule has 2 rings (SSSR count). The van der Waals surface area contributed by atoms with Gasteiger partial charge in [0.2, 0.25) is 10.0 Å². The maximum atomic E-state index is 12.2. The van der Waals surface area contributed by atoms with Crippen LogP contribution in [0.3, 0.4) is 0 Å². The number of rotatable bonds is 6. The molecule has 0 heterocycles. The summed E-state index contributed by atoms with van der Waals surface area (Å²) in [4.78, 5) is 10.5. The van der Waals surface area contributed by atoms with Gasteiger partial charge in [-0.3, -0.25) is 4.79 Å². The molecule has 0 amide bonds. The molecule has 0 fully saturated rings. The fourth-order valence-electron chi connectivity index (χ4n) is 2.07. The van der Waals surface area contributed by atoms with Crippen LogP contribution >= 0.6 is 0 Å². The van der Waals surface area contributed by atoms with Gasteiger partial charge in [-0.15, -0.1) is 6.42 Å². The number of carboxylic acids is 1. The predicted molar refractivity (Wildman–Crippen MR) is 87.3 cm³/mol. The highest BCUT2D eigenvalue weighted by molar-refractivity contribution is 7.89. The Morgan fingerprint density at radius 1 is 1.17 bits per heavy atom. The van der Waals surface area contributed by atoms with E-state index < -0.39 is 16.0 Å². The largest absolute Gasteiger partial charge is 0.481 e. The minimum Gasteiger partial charge on any atom is -0.481 e. The molecule has 118 valence electrons. The Kier molecular flexibility index (Phi) is 5.16. The van der Waals surface area contributed by atoms with Crippen molar-refractivity contribution in [1.82, 2.24) is 4.72 Å². The van der Waals surface area contributed by atoms with E-state index >= 15 is 0 Å². The zero-order valence-electron chi connectivity index (χ0n) is 12.2. The monoisotopic (exact) mass is 329 g/mol. The van der Waals surface area contributed by atoms with Gasteiger partial charge in [-0.05, 0) is 29.3 Å². The van der Waals surface area contributed by atoms with Gasteiger partial charge in [0.15, 0.2) is 0 Å². The van der Waals surface area contributed by atoms with Crippen LogP contribution in [0.15, 0.2) is 53.4 Å². The molecule has 0 aliphatic heterocycles. The maximum absolute atomic E-state index is 12.2. The molecule has 2 aromatic rings. The van der Waals surface area contributed by atoms with Gasteiger partial charge in [0.05, 0.1) is 11.3 Å². The van der Waals surface area contributed by atoms with E-state index in [9.17, 15) is 13.2 Å². The topological polar surface area (TPSA) is 83.5 Å². The second kappa shape index (κ2) is 7.09. The number of hydrogen-bond donors (Lipinski definition) is 2. The normalized spacial score (nSPS) is 10.9. The van der Waals surface area contributed by atoms with E-state index in [1.165, 1.54) is 12.1 Å². The van der Waals surface area contributed by atoms with Crippen LogP contribution in [0.25, 0.3) is 11.1 Å². The average Bonchev–Trinajstić information content (AvgIpc) is 2.54. The molecule has 23 heavy (non-hydrogen) atoms. The minimum atomic E-state index is -3.77. The van der Waals surface area contributed by atoms with E-state index in [1.54, 1.807) is 18.2 Å². The van der Waals surface area contributed by atoms with Crippen molar-refractivity contribution >= 4 is 16.0 Å². The average molecular weight is 329 g/mol. The molecular weight excluding hydrogens is 314 g/mol. The van der Waals surface area contributed by atoms with E-state index in [4.69, 9.17) is 11.5 Å². The van der Waals surface area contributed by atoms with Crippen molar-refractivity contribution in [2.45, 2.75) is 11.3 Å². The van der Waals surface area contributed by atoms with E-state index in [1.807, 2.05) is 18.2 Å². The molecule has 0 bridgehead atoms. The lowest BCUT2D eigenvalue weighted by molar-refractivity contribution is -0.136. The van der Waals surface area contributed by atoms with Crippen LogP contribution in [0.2, 0.25) is 0 Å². The second-order valence-corrected chi connectivity index (χ2v) is 6.53. The summed E-state index contributed by atoms with van der Waals surface area (Å²) >= 11 is 0. The molecule has 0 saturated heterocycles. The number of benzene rings is 2. The molecule has 5 nitrogen and oxygen atoms in total. The number of hydrogen-bond acceptors (Lipinski definition) is 3. The van der Waals surface area contributed by atoms with Gasteiger partial charge in [-0.25, -0.2) is 13.1 Å². The number of carbonyl (C=O) groups is 1. The SMILES string of the molecule is C#Cc1ccccc1-c1cccc(S(=O)(=O)NCCC(=O)O)c1. The predicted octanol–water partition coefficient (Wildman–Crippen LogP) is 2.09.